The first-order valence-corrected chi connectivity index (χ1v) is 8.62. The van der Waals surface area contributed by atoms with Crippen molar-refractivity contribution in [2.75, 3.05) is 11.9 Å². The molecule has 0 unspecified atom stereocenters. The smallest absolute Gasteiger partial charge is 0.270 e. The molecule has 0 saturated carbocycles. The number of para-hydroxylation sites is 2. The molecule has 5 nitrogen and oxygen atoms in total. The van der Waals surface area contributed by atoms with Crippen molar-refractivity contribution in [1.82, 2.24) is 4.98 Å². The van der Waals surface area contributed by atoms with Gasteiger partial charge in [-0.05, 0) is 24.3 Å². The van der Waals surface area contributed by atoms with Gasteiger partial charge >= 0.3 is 0 Å². The lowest BCUT2D eigenvalue weighted by Crippen LogP contribution is -2.40. The molecule has 0 aliphatic carbocycles. The summed E-state index contributed by atoms with van der Waals surface area (Å²) in [6.45, 7) is 0.139. The Labute approximate surface area is 151 Å². The molecule has 0 spiro atoms. The fourth-order valence-electron chi connectivity index (χ4n) is 2.35. The van der Waals surface area contributed by atoms with E-state index < -0.39 is 6.10 Å². The van der Waals surface area contributed by atoms with Crippen LogP contribution in [-0.2, 0) is 4.79 Å². The number of carbonyl (C=O) groups excluding carboxylic acids is 1. The summed E-state index contributed by atoms with van der Waals surface area (Å²) < 4.78 is 12.0. The molecule has 0 radical (unpaired) electrons. The number of amides is 1. The van der Waals surface area contributed by atoms with Crippen LogP contribution in [0.1, 0.15) is 0 Å². The number of aromatic nitrogens is 1. The summed E-state index contributed by atoms with van der Waals surface area (Å²) in [4.78, 5) is 16.7. The Hall–Kier alpha value is -2.02. The number of hydrogen-bond acceptors (Lipinski definition) is 5. The summed E-state index contributed by atoms with van der Waals surface area (Å²) in [5.74, 6) is 0.844. The van der Waals surface area contributed by atoms with Crippen molar-refractivity contribution >= 4 is 55.8 Å². The van der Waals surface area contributed by atoms with Gasteiger partial charge in [-0.15, -0.1) is 0 Å². The Morgan fingerprint density at radius 1 is 1.25 bits per heavy atom. The molecule has 3 aromatic rings. The summed E-state index contributed by atoms with van der Waals surface area (Å²) in [7, 11) is 0. The van der Waals surface area contributed by atoms with Crippen LogP contribution in [0, 0.1) is 0 Å². The number of nitrogens with one attached hydrogen (secondary N) is 1. The third-order valence-corrected chi connectivity index (χ3v) is 4.87. The molecule has 24 heavy (non-hydrogen) atoms. The van der Waals surface area contributed by atoms with E-state index in [1.165, 1.54) is 11.3 Å². The first-order chi connectivity index (χ1) is 11.6. The van der Waals surface area contributed by atoms with Crippen LogP contribution in [0.5, 0.6) is 11.5 Å². The molecule has 0 bridgehead atoms. The van der Waals surface area contributed by atoms with Crippen LogP contribution in [0.3, 0.4) is 0 Å². The van der Waals surface area contributed by atoms with Crippen LogP contribution in [0.25, 0.3) is 10.2 Å². The van der Waals surface area contributed by atoms with Gasteiger partial charge in [-0.2, -0.15) is 0 Å². The van der Waals surface area contributed by atoms with E-state index in [-0.39, 0.29) is 12.5 Å². The number of ether oxygens (including phenoxy) is 2. The molecule has 1 N–H and O–H groups in total. The van der Waals surface area contributed by atoms with E-state index in [1.807, 2.05) is 12.1 Å². The van der Waals surface area contributed by atoms with Crippen molar-refractivity contribution in [2.24, 2.45) is 0 Å². The van der Waals surface area contributed by atoms with E-state index in [1.54, 1.807) is 24.3 Å². The van der Waals surface area contributed by atoms with Crippen LogP contribution in [0.15, 0.2) is 36.4 Å². The van der Waals surface area contributed by atoms with Crippen LogP contribution in [0.2, 0.25) is 10.0 Å². The zero-order valence-electron chi connectivity index (χ0n) is 12.1. The van der Waals surface area contributed by atoms with Gasteiger partial charge in [0.1, 0.15) is 12.1 Å². The van der Waals surface area contributed by atoms with Crippen LogP contribution < -0.4 is 14.8 Å². The fraction of sp³-hybridized carbons (Fsp3) is 0.125. The average Bonchev–Trinajstić information content (AvgIpc) is 2.97. The van der Waals surface area contributed by atoms with Crippen molar-refractivity contribution in [3.05, 3.63) is 46.4 Å². The van der Waals surface area contributed by atoms with Crippen molar-refractivity contribution in [2.45, 2.75) is 6.10 Å². The Morgan fingerprint density at radius 3 is 2.88 bits per heavy atom. The first-order valence-electron chi connectivity index (χ1n) is 7.05. The van der Waals surface area contributed by atoms with E-state index in [2.05, 4.69) is 10.3 Å². The molecule has 1 amide bonds. The number of nitrogens with zero attached hydrogens (tertiary/aromatic N) is 1. The maximum atomic E-state index is 12.4. The number of rotatable bonds is 2. The Balaban J connectivity index is 1.54. The summed E-state index contributed by atoms with van der Waals surface area (Å²) in [6, 6.07) is 10.6. The zero-order chi connectivity index (χ0) is 16.7. The Morgan fingerprint density at radius 2 is 2.04 bits per heavy atom. The predicted molar refractivity (Wildman–Crippen MR) is 94.6 cm³/mol. The molecule has 1 aliphatic rings. The van der Waals surface area contributed by atoms with Crippen LogP contribution in [0.4, 0.5) is 5.13 Å². The molecule has 0 fully saturated rings. The molecule has 1 aliphatic heterocycles. The van der Waals surface area contributed by atoms with E-state index in [0.717, 1.165) is 4.70 Å². The van der Waals surface area contributed by atoms with Gasteiger partial charge in [0.05, 0.1) is 9.72 Å². The van der Waals surface area contributed by atoms with Gasteiger partial charge in [-0.1, -0.05) is 46.7 Å². The number of halogens is 2. The normalized spacial score (nSPS) is 16.2. The third-order valence-electron chi connectivity index (χ3n) is 3.44. The minimum absolute atomic E-state index is 0.139. The van der Waals surface area contributed by atoms with Crippen molar-refractivity contribution in [3.63, 3.8) is 0 Å². The maximum Gasteiger partial charge on any atom is 0.270 e. The van der Waals surface area contributed by atoms with E-state index in [9.17, 15) is 4.79 Å². The van der Waals surface area contributed by atoms with Crippen molar-refractivity contribution in [3.8, 4) is 11.5 Å². The molecule has 122 valence electrons. The van der Waals surface area contributed by atoms with Gasteiger partial charge < -0.3 is 9.47 Å². The van der Waals surface area contributed by atoms with E-state index in [0.29, 0.717) is 32.2 Å². The lowest BCUT2D eigenvalue weighted by Gasteiger charge is -2.25. The number of anilines is 1. The highest BCUT2D eigenvalue weighted by Gasteiger charge is 2.28. The third kappa shape index (κ3) is 2.88. The monoisotopic (exact) mass is 380 g/mol. The quantitative estimate of drug-likeness (QED) is 0.716. The molecular formula is C16H10Cl2N2O3S. The van der Waals surface area contributed by atoms with Crippen LogP contribution in [-0.4, -0.2) is 23.6 Å². The average molecular weight is 381 g/mol. The SMILES string of the molecule is O=C(Nc1nc2c(Cl)cc(Cl)cc2s1)[C@@H]1COc2ccccc2O1. The molecule has 8 heteroatoms. The minimum Gasteiger partial charge on any atom is -0.485 e. The number of hydrogen-bond donors (Lipinski definition) is 1. The zero-order valence-corrected chi connectivity index (χ0v) is 14.4. The van der Waals surface area contributed by atoms with Gasteiger partial charge in [0, 0.05) is 5.02 Å². The number of fused-ring (bicyclic) bond motifs is 2. The topological polar surface area (TPSA) is 60.5 Å². The lowest BCUT2D eigenvalue weighted by molar-refractivity contribution is -0.125. The van der Waals surface area contributed by atoms with E-state index in [4.69, 9.17) is 32.7 Å². The largest absolute Gasteiger partial charge is 0.485 e. The highest BCUT2D eigenvalue weighted by molar-refractivity contribution is 7.22. The standard InChI is InChI=1S/C16H10Cl2N2O3S/c17-8-5-9(18)14-13(6-8)24-16(19-14)20-15(21)12-7-22-10-3-1-2-4-11(10)23-12/h1-6,12H,7H2,(H,19,20,21)/t12-/m0/s1. The maximum absolute atomic E-state index is 12.4. The number of carbonyl (C=O) groups is 1. The molecule has 2 heterocycles. The molecule has 1 atom stereocenters. The Kier molecular flexibility index (Phi) is 3.96. The van der Waals surface area contributed by atoms with Gasteiger partial charge in [0.25, 0.3) is 5.91 Å². The highest BCUT2D eigenvalue weighted by atomic mass is 35.5. The van der Waals surface area contributed by atoms with Gasteiger partial charge in [0.15, 0.2) is 16.6 Å². The minimum atomic E-state index is -0.744. The first kappa shape index (κ1) is 15.5. The van der Waals surface area contributed by atoms with Gasteiger partial charge in [-0.25, -0.2) is 4.98 Å². The second-order valence-electron chi connectivity index (χ2n) is 5.11. The molecule has 2 aromatic carbocycles. The summed E-state index contributed by atoms with van der Waals surface area (Å²) in [5, 5.41) is 4.14. The number of benzene rings is 2. The van der Waals surface area contributed by atoms with Crippen LogP contribution >= 0.6 is 34.5 Å². The number of thiazole rings is 1. The van der Waals surface area contributed by atoms with Crippen molar-refractivity contribution < 1.29 is 14.3 Å². The summed E-state index contributed by atoms with van der Waals surface area (Å²) in [5.41, 5.74) is 0.604. The fourth-order valence-corrected chi connectivity index (χ4v) is 3.94. The van der Waals surface area contributed by atoms with Gasteiger partial charge in [0.2, 0.25) is 6.10 Å². The molecule has 4 rings (SSSR count). The summed E-state index contributed by atoms with van der Waals surface area (Å²) in [6.07, 6.45) is -0.744. The highest BCUT2D eigenvalue weighted by Crippen LogP contribution is 2.34. The predicted octanol–water partition coefficient (Wildman–Crippen LogP) is 4.38. The molecule has 1 aromatic heterocycles. The van der Waals surface area contributed by atoms with Gasteiger partial charge in [-0.3, -0.25) is 10.1 Å². The van der Waals surface area contributed by atoms with E-state index >= 15 is 0 Å². The molecule has 0 saturated heterocycles. The Bertz CT molecular complexity index is 944. The second-order valence-corrected chi connectivity index (χ2v) is 6.98. The lowest BCUT2D eigenvalue weighted by atomic mass is 10.2. The second kappa shape index (κ2) is 6.12. The summed E-state index contributed by atoms with van der Waals surface area (Å²) >= 11 is 13.4. The molecular weight excluding hydrogens is 371 g/mol. The van der Waals surface area contributed by atoms with Crippen molar-refractivity contribution in [1.29, 1.82) is 0 Å².